The van der Waals surface area contributed by atoms with Crippen molar-refractivity contribution >= 4 is 0 Å². The van der Waals surface area contributed by atoms with Crippen molar-refractivity contribution in [1.29, 1.82) is 0 Å². The van der Waals surface area contributed by atoms with Gasteiger partial charge in [0.05, 0.1) is 0 Å². The maximum absolute atomic E-state index is 11.5. The molecule has 0 unspecified atom stereocenters. The number of nitrogens with one attached hydrogen (secondary N) is 1. The Bertz CT molecular complexity index is 1070. The molecule has 0 aliphatic rings. The first-order chi connectivity index (χ1) is 12.2. The van der Waals surface area contributed by atoms with Gasteiger partial charge in [0, 0.05) is 30.4 Å². The Morgan fingerprint density at radius 2 is 1.64 bits per heavy atom. The Hall–Kier alpha value is -3.61. The van der Waals surface area contributed by atoms with Gasteiger partial charge in [-0.25, -0.2) is 0 Å². The summed E-state index contributed by atoms with van der Waals surface area (Å²) < 4.78 is 1.82. The normalized spacial score (nSPS) is 10.8. The maximum Gasteiger partial charge on any atom is 0.273 e. The van der Waals surface area contributed by atoms with E-state index in [0.29, 0.717) is 11.6 Å². The van der Waals surface area contributed by atoms with Crippen molar-refractivity contribution in [3.8, 4) is 33.9 Å². The molecule has 2 aromatic heterocycles. The molecule has 2 heterocycles. The van der Waals surface area contributed by atoms with Crippen molar-refractivity contribution in [3.63, 3.8) is 0 Å². The van der Waals surface area contributed by atoms with Crippen molar-refractivity contribution in [2.45, 2.75) is 0 Å². The summed E-state index contributed by atoms with van der Waals surface area (Å²) in [6.07, 6.45) is 1.71. The number of aromatic amines is 1. The van der Waals surface area contributed by atoms with Gasteiger partial charge in [0.15, 0.2) is 0 Å². The molecule has 7 heteroatoms. The van der Waals surface area contributed by atoms with E-state index in [0.717, 1.165) is 22.3 Å². The zero-order valence-electron chi connectivity index (χ0n) is 13.4. The van der Waals surface area contributed by atoms with E-state index in [9.17, 15) is 4.79 Å². The summed E-state index contributed by atoms with van der Waals surface area (Å²) in [6.45, 7) is 0. The molecule has 0 bridgehead atoms. The first-order valence-electron chi connectivity index (χ1n) is 7.70. The fraction of sp³-hybridized carbons (Fsp3) is 0.0556. The van der Waals surface area contributed by atoms with E-state index in [-0.39, 0.29) is 5.56 Å². The van der Waals surface area contributed by atoms with E-state index < -0.39 is 0 Å². The third-order valence-corrected chi connectivity index (χ3v) is 3.96. The number of nitrogens with zero attached hydrogens (tertiary/aromatic N) is 5. The van der Waals surface area contributed by atoms with Crippen molar-refractivity contribution in [1.82, 2.24) is 30.2 Å². The van der Waals surface area contributed by atoms with Crippen LogP contribution in [0.5, 0.6) is 0 Å². The van der Waals surface area contributed by atoms with Crippen LogP contribution in [0.15, 0.2) is 65.6 Å². The third-order valence-electron chi connectivity index (χ3n) is 3.96. The fourth-order valence-electron chi connectivity index (χ4n) is 2.74. The molecular formula is C18H14N6O. The fourth-order valence-corrected chi connectivity index (χ4v) is 2.74. The number of rotatable bonds is 3. The number of hydrogen-bond donors (Lipinski definition) is 1. The average Bonchev–Trinajstić information content (AvgIpc) is 3.18. The maximum atomic E-state index is 11.5. The van der Waals surface area contributed by atoms with Gasteiger partial charge in [0.2, 0.25) is 5.82 Å². The minimum absolute atomic E-state index is 0.250. The first-order valence-corrected chi connectivity index (χ1v) is 7.70. The highest BCUT2D eigenvalue weighted by Gasteiger charge is 2.11. The van der Waals surface area contributed by atoms with Gasteiger partial charge in [-0.15, -0.1) is 10.2 Å². The molecule has 0 fully saturated rings. The van der Waals surface area contributed by atoms with Crippen LogP contribution in [0.4, 0.5) is 0 Å². The van der Waals surface area contributed by atoms with Gasteiger partial charge in [0.25, 0.3) is 5.56 Å². The molecule has 25 heavy (non-hydrogen) atoms. The highest BCUT2D eigenvalue weighted by Crippen LogP contribution is 2.30. The summed E-state index contributed by atoms with van der Waals surface area (Å²) in [5.74, 6) is 1.18. The monoisotopic (exact) mass is 330 g/mol. The molecule has 0 saturated heterocycles. The number of tetrazole rings is 1. The summed E-state index contributed by atoms with van der Waals surface area (Å²) in [6, 6.07) is 17.2. The lowest BCUT2D eigenvalue weighted by Gasteiger charge is -2.09. The highest BCUT2D eigenvalue weighted by molar-refractivity contribution is 5.81. The lowest BCUT2D eigenvalue weighted by atomic mass is 9.98. The van der Waals surface area contributed by atoms with Crippen LogP contribution in [0.2, 0.25) is 0 Å². The van der Waals surface area contributed by atoms with Crippen molar-refractivity contribution in [2.24, 2.45) is 7.05 Å². The molecule has 0 aliphatic carbocycles. The van der Waals surface area contributed by atoms with Crippen molar-refractivity contribution in [3.05, 3.63) is 71.1 Å². The van der Waals surface area contributed by atoms with Gasteiger partial charge >= 0.3 is 0 Å². The largest absolute Gasteiger partial charge is 0.335 e. The quantitative estimate of drug-likeness (QED) is 0.622. The lowest BCUT2D eigenvalue weighted by molar-refractivity contribution is 0.867. The molecule has 1 N–H and O–H groups in total. The van der Waals surface area contributed by atoms with Gasteiger partial charge in [-0.05, 0) is 16.3 Å². The Labute approximate surface area is 143 Å². The number of benzene rings is 2. The predicted octanol–water partition coefficient (Wildman–Crippen LogP) is 2.29. The lowest BCUT2D eigenvalue weighted by Crippen LogP contribution is -2.10. The molecule has 2 aromatic carbocycles. The Kier molecular flexibility index (Phi) is 3.66. The van der Waals surface area contributed by atoms with Crippen LogP contribution >= 0.6 is 0 Å². The molecule has 122 valence electrons. The zero-order valence-corrected chi connectivity index (χ0v) is 13.4. The second kappa shape index (κ2) is 6.12. The van der Waals surface area contributed by atoms with E-state index in [1.807, 2.05) is 60.1 Å². The molecule has 0 saturated carbocycles. The van der Waals surface area contributed by atoms with Crippen molar-refractivity contribution in [2.75, 3.05) is 0 Å². The molecule has 4 aromatic rings. The highest BCUT2D eigenvalue weighted by atomic mass is 16.1. The Morgan fingerprint density at radius 3 is 2.36 bits per heavy atom. The van der Waals surface area contributed by atoms with Gasteiger partial charge in [-0.2, -0.15) is 10.2 Å². The Balaban J connectivity index is 1.77. The first kappa shape index (κ1) is 14.9. The second-order valence-electron chi connectivity index (χ2n) is 5.56. The molecule has 0 amide bonds. The van der Waals surface area contributed by atoms with Crippen LogP contribution in [0.25, 0.3) is 33.9 Å². The molecule has 0 radical (unpaired) electrons. The molecule has 0 atom stereocenters. The summed E-state index contributed by atoms with van der Waals surface area (Å²) in [7, 11) is 1.86. The van der Waals surface area contributed by atoms with Crippen LogP contribution in [0, 0.1) is 0 Å². The summed E-state index contributed by atoms with van der Waals surface area (Å²) in [5.41, 5.74) is 3.55. The molecule has 0 aliphatic heterocycles. The smallest absolute Gasteiger partial charge is 0.273 e. The molecule has 7 nitrogen and oxygen atoms in total. The van der Waals surface area contributed by atoms with E-state index in [4.69, 9.17) is 0 Å². The summed E-state index contributed by atoms with van der Waals surface area (Å²) >= 11 is 0. The summed E-state index contributed by atoms with van der Waals surface area (Å²) in [4.78, 5) is 15.6. The van der Waals surface area contributed by atoms with Crippen LogP contribution < -0.4 is 5.56 Å². The van der Waals surface area contributed by atoms with Crippen LogP contribution in [0.3, 0.4) is 0 Å². The topological polar surface area (TPSA) is 89.4 Å². The molecule has 0 spiro atoms. The van der Waals surface area contributed by atoms with Gasteiger partial charge in [-0.3, -0.25) is 4.79 Å². The standard InChI is InChI=1S/C18H14N6O/c1-24-11-10-16(25)19-18(24)13-8-6-12(7-9-13)14-4-2-3-5-15(14)17-20-22-23-21-17/h2-11H,1H3,(H,20,21,22,23). The SMILES string of the molecule is Cn1ccc(=O)nc1-c1ccc(-c2ccccc2-c2nn[nH]n2)cc1. The summed E-state index contributed by atoms with van der Waals surface area (Å²) in [5, 5.41) is 14.2. The van der Waals surface area contributed by atoms with Gasteiger partial charge in [0.1, 0.15) is 5.82 Å². The van der Waals surface area contributed by atoms with Crippen LogP contribution in [-0.2, 0) is 7.05 Å². The van der Waals surface area contributed by atoms with E-state index >= 15 is 0 Å². The van der Waals surface area contributed by atoms with Crippen LogP contribution in [0.1, 0.15) is 0 Å². The minimum Gasteiger partial charge on any atom is -0.335 e. The third kappa shape index (κ3) is 2.83. The molecule has 4 rings (SSSR count). The number of aryl methyl sites for hydroxylation is 1. The number of H-pyrrole nitrogens is 1. The number of aromatic nitrogens is 6. The molecular weight excluding hydrogens is 316 g/mol. The predicted molar refractivity (Wildman–Crippen MR) is 93.5 cm³/mol. The zero-order chi connectivity index (χ0) is 17.2. The van der Waals surface area contributed by atoms with Gasteiger partial charge < -0.3 is 4.57 Å². The second-order valence-corrected chi connectivity index (χ2v) is 5.56. The number of hydrogen-bond acceptors (Lipinski definition) is 5. The van der Waals surface area contributed by atoms with Gasteiger partial charge in [-0.1, -0.05) is 48.5 Å². The average molecular weight is 330 g/mol. The van der Waals surface area contributed by atoms with E-state index in [1.165, 1.54) is 6.07 Å². The van der Waals surface area contributed by atoms with Crippen molar-refractivity contribution < 1.29 is 0 Å². The van der Waals surface area contributed by atoms with E-state index in [2.05, 4.69) is 25.6 Å². The minimum atomic E-state index is -0.250. The van der Waals surface area contributed by atoms with Crippen LogP contribution in [-0.4, -0.2) is 30.2 Å². The van der Waals surface area contributed by atoms with E-state index in [1.54, 1.807) is 6.20 Å². The Morgan fingerprint density at radius 1 is 0.920 bits per heavy atom.